The smallest absolute Gasteiger partial charge is 0.360 e. The summed E-state index contributed by atoms with van der Waals surface area (Å²) >= 11 is 1.45. The maximum Gasteiger partial charge on any atom is 0.360 e. The molecule has 0 bridgehead atoms. The van der Waals surface area contributed by atoms with Gasteiger partial charge in [0, 0.05) is 31.0 Å². The summed E-state index contributed by atoms with van der Waals surface area (Å²) in [4.78, 5) is 18.3. The summed E-state index contributed by atoms with van der Waals surface area (Å²) in [5.41, 5.74) is 0.237. The summed E-state index contributed by atoms with van der Waals surface area (Å²) in [6.45, 7) is 6.01. The standard InChI is InChI=1S/C14H20N6O2S/c1-9(2)6-12-15-14(23-17-12)19-5-4-10(7-19)20-8-11(16-18-20)13(21)22-3/h8-10H,4-7H2,1-3H3. The Kier molecular flexibility index (Phi) is 4.56. The van der Waals surface area contributed by atoms with E-state index in [1.165, 1.54) is 18.6 Å². The van der Waals surface area contributed by atoms with E-state index in [9.17, 15) is 4.79 Å². The van der Waals surface area contributed by atoms with Crippen LogP contribution in [0.15, 0.2) is 6.20 Å². The second-order valence-corrected chi connectivity index (χ2v) is 6.79. The van der Waals surface area contributed by atoms with Crippen LogP contribution in [0.25, 0.3) is 0 Å². The number of carbonyl (C=O) groups is 1. The lowest BCUT2D eigenvalue weighted by atomic mass is 10.1. The average Bonchev–Trinajstić information content (AvgIpc) is 3.24. The first-order valence-corrected chi connectivity index (χ1v) is 8.42. The summed E-state index contributed by atoms with van der Waals surface area (Å²) in [6, 6.07) is 0.179. The molecule has 0 amide bonds. The number of aromatic nitrogens is 5. The molecule has 2 aromatic heterocycles. The quantitative estimate of drug-likeness (QED) is 0.766. The number of hydrogen-bond donors (Lipinski definition) is 0. The van der Waals surface area contributed by atoms with E-state index in [2.05, 4.69) is 43.2 Å². The number of hydrogen-bond acceptors (Lipinski definition) is 8. The van der Waals surface area contributed by atoms with Crippen LogP contribution in [0.3, 0.4) is 0 Å². The second kappa shape index (κ2) is 6.61. The fourth-order valence-corrected chi connectivity index (χ4v) is 3.34. The van der Waals surface area contributed by atoms with Gasteiger partial charge in [0.15, 0.2) is 5.69 Å². The minimum Gasteiger partial charge on any atom is -0.464 e. The normalized spacial score (nSPS) is 17.9. The van der Waals surface area contributed by atoms with Gasteiger partial charge in [0.05, 0.1) is 19.3 Å². The minimum atomic E-state index is -0.464. The van der Waals surface area contributed by atoms with E-state index in [0.717, 1.165) is 36.9 Å². The van der Waals surface area contributed by atoms with Gasteiger partial charge in [0.1, 0.15) is 5.82 Å². The molecule has 0 N–H and O–H groups in total. The number of nitrogens with zero attached hydrogens (tertiary/aromatic N) is 6. The van der Waals surface area contributed by atoms with E-state index in [-0.39, 0.29) is 11.7 Å². The molecule has 1 saturated heterocycles. The molecule has 0 saturated carbocycles. The Bertz CT molecular complexity index is 682. The fourth-order valence-electron chi connectivity index (χ4n) is 2.61. The molecule has 2 aromatic rings. The summed E-state index contributed by atoms with van der Waals surface area (Å²) in [5, 5.41) is 8.86. The van der Waals surface area contributed by atoms with Gasteiger partial charge in [0.2, 0.25) is 5.13 Å². The van der Waals surface area contributed by atoms with E-state index in [0.29, 0.717) is 5.92 Å². The zero-order valence-corrected chi connectivity index (χ0v) is 14.3. The van der Waals surface area contributed by atoms with E-state index in [1.807, 2.05) is 0 Å². The molecule has 0 aromatic carbocycles. The molecule has 1 aliphatic rings. The van der Waals surface area contributed by atoms with Gasteiger partial charge in [-0.15, -0.1) is 5.10 Å². The topological polar surface area (TPSA) is 86.0 Å². The molecule has 0 aliphatic carbocycles. The highest BCUT2D eigenvalue weighted by molar-refractivity contribution is 7.09. The van der Waals surface area contributed by atoms with Crippen LogP contribution in [-0.2, 0) is 11.2 Å². The monoisotopic (exact) mass is 336 g/mol. The maximum atomic E-state index is 11.5. The molecule has 9 heteroatoms. The Morgan fingerprint density at radius 1 is 1.52 bits per heavy atom. The SMILES string of the molecule is COC(=O)c1cn(C2CCN(c3nc(CC(C)C)ns3)C2)nn1. The van der Waals surface area contributed by atoms with Gasteiger partial charge in [-0.1, -0.05) is 19.1 Å². The Balaban J connectivity index is 1.65. The number of rotatable bonds is 5. The molecule has 8 nitrogen and oxygen atoms in total. The summed E-state index contributed by atoms with van der Waals surface area (Å²) in [7, 11) is 1.34. The largest absolute Gasteiger partial charge is 0.464 e. The highest BCUT2D eigenvalue weighted by Gasteiger charge is 2.28. The molecule has 1 aliphatic heterocycles. The van der Waals surface area contributed by atoms with Gasteiger partial charge in [-0.05, 0) is 12.3 Å². The molecular weight excluding hydrogens is 316 g/mol. The summed E-state index contributed by atoms with van der Waals surface area (Å²) in [6.07, 6.45) is 3.48. The molecule has 124 valence electrons. The van der Waals surface area contributed by atoms with Gasteiger partial charge in [0.25, 0.3) is 0 Å². The molecule has 3 rings (SSSR count). The molecular formula is C14H20N6O2S. The van der Waals surface area contributed by atoms with Crippen molar-refractivity contribution in [2.45, 2.75) is 32.7 Å². The van der Waals surface area contributed by atoms with Crippen LogP contribution in [0.4, 0.5) is 5.13 Å². The molecule has 1 atom stereocenters. The highest BCUT2D eigenvalue weighted by atomic mass is 32.1. The van der Waals surface area contributed by atoms with Crippen molar-refractivity contribution >= 4 is 22.6 Å². The van der Waals surface area contributed by atoms with Crippen LogP contribution in [0.5, 0.6) is 0 Å². The average molecular weight is 336 g/mol. The molecule has 3 heterocycles. The van der Waals surface area contributed by atoms with Crippen molar-refractivity contribution in [3.63, 3.8) is 0 Å². The van der Waals surface area contributed by atoms with Crippen molar-refractivity contribution in [1.29, 1.82) is 0 Å². The second-order valence-electron chi connectivity index (χ2n) is 6.06. The molecule has 1 fully saturated rings. The lowest BCUT2D eigenvalue weighted by Crippen LogP contribution is -2.21. The number of methoxy groups -OCH3 is 1. The van der Waals surface area contributed by atoms with E-state index >= 15 is 0 Å². The third-order valence-electron chi connectivity index (χ3n) is 3.76. The Labute approximate surface area is 138 Å². The summed E-state index contributed by atoms with van der Waals surface area (Å²) < 4.78 is 10.8. The first-order valence-electron chi connectivity index (χ1n) is 7.64. The number of ether oxygens (including phenoxy) is 1. The predicted molar refractivity (Wildman–Crippen MR) is 85.7 cm³/mol. The zero-order valence-electron chi connectivity index (χ0n) is 13.5. The fraction of sp³-hybridized carbons (Fsp3) is 0.643. The van der Waals surface area contributed by atoms with Crippen molar-refractivity contribution in [2.75, 3.05) is 25.1 Å². The molecule has 0 spiro atoms. The Morgan fingerprint density at radius 3 is 3.09 bits per heavy atom. The van der Waals surface area contributed by atoms with Crippen molar-refractivity contribution < 1.29 is 9.53 Å². The van der Waals surface area contributed by atoms with Crippen molar-refractivity contribution in [2.24, 2.45) is 5.92 Å². The third kappa shape index (κ3) is 3.49. The highest BCUT2D eigenvalue weighted by Crippen LogP contribution is 2.28. The molecule has 0 radical (unpaired) electrons. The van der Waals surface area contributed by atoms with Gasteiger partial charge in [-0.25, -0.2) is 14.5 Å². The van der Waals surface area contributed by atoms with Crippen molar-refractivity contribution in [1.82, 2.24) is 24.4 Å². The van der Waals surface area contributed by atoms with Gasteiger partial charge < -0.3 is 9.64 Å². The van der Waals surface area contributed by atoms with Crippen LogP contribution in [-0.4, -0.2) is 50.5 Å². The molecule has 1 unspecified atom stereocenters. The third-order valence-corrected chi connectivity index (χ3v) is 4.58. The van der Waals surface area contributed by atoms with Gasteiger partial charge in [-0.2, -0.15) is 4.37 Å². The maximum absolute atomic E-state index is 11.5. The van der Waals surface area contributed by atoms with Crippen LogP contribution in [0, 0.1) is 5.92 Å². The van der Waals surface area contributed by atoms with E-state index < -0.39 is 5.97 Å². The Morgan fingerprint density at radius 2 is 2.35 bits per heavy atom. The van der Waals surface area contributed by atoms with Gasteiger partial charge in [-0.3, -0.25) is 0 Å². The van der Waals surface area contributed by atoms with Crippen molar-refractivity contribution in [3.8, 4) is 0 Å². The van der Waals surface area contributed by atoms with E-state index in [4.69, 9.17) is 0 Å². The van der Waals surface area contributed by atoms with Crippen LogP contribution in [0.1, 0.15) is 42.6 Å². The number of carbonyl (C=O) groups excluding carboxylic acids is 1. The Hall–Kier alpha value is -2.03. The van der Waals surface area contributed by atoms with Gasteiger partial charge >= 0.3 is 5.97 Å². The van der Waals surface area contributed by atoms with Crippen LogP contribution in [0.2, 0.25) is 0 Å². The van der Waals surface area contributed by atoms with E-state index in [1.54, 1.807) is 10.9 Å². The molecule has 23 heavy (non-hydrogen) atoms. The minimum absolute atomic E-state index is 0.179. The van der Waals surface area contributed by atoms with Crippen LogP contribution < -0.4 is 4.90 Å². The number of anilines is 1. The lowest BCUT2D eigenvalue weighted by Gasteiger charge is -2.14. The van der Waals surface area contributed by atoms with Crippen molar-refractivity contribution in [3.05, 3.63) is 17.7 Å². The first-order chi connectivity index (χ1) is 11.1. The first kappa shape index (κ1) is 15.9. The number of esters is 1. The van der Waals surface area contributed by atoms with Crippen LogP contribution >= 0.6 is 11.5 Å². The predicted octanol–water partition coefficient (Wildman–Crippen LogP) is 1.57. The lowest BCUT2D eigenvalue weighted by molar-refractivity contribution is 0.0594. The summed E-state index contributed by atoms with van der Waals surface area (Å²) in [5.74, 6) is 1.00. The zero-order chi connectivity index (χ0) is 16.4.